The molecule has 2 aliphatic heterocycles. The van der Waals surface area contributed by atoms with Crippen molar-refractivity contribution in [2.75, 3.05) is 18.5 Å². The highest BCUT2D eigenvalue weighted by Gasteiger charge is 2.28. The molecular formula is C13H22BrNO2. The Bertz CT molecular complexity index is 254. The molecule has 2 unspecified atom stereocenters. The predicted molar refractivity (Wildman–Crippen MR) is 71.4 cm³/mol. The van der Waals surface area contributed by atoms with Crippen LogP contribution in [-0.2, 0) is 9.53 Å². The summed E-state index contributed by atoms with van der Waals surface area (Å²) in [7, 11) is 0. The highest BCUT2D eigenvalue weighted by atomic mass is 79.9. The highest BCUT2D eigenvalue weighted by molar-refractivity contribution is 9.09. The standard InChI is InChI=1S/C13H22BrNO2/c14-10-11-4-3-8-15(11)13(16)7-6-12-5-1-2-9-17-12/h11-12H,1-10H2. The Balaban J connectivity index is 1.72. The van der Waals surface area contributed by atoms with Crippen LogP contribution in [0.15, 0.2) is 0 Å². The second-order valence-corrected chi connectivity index (χ2v) is 5.71. The van der Waals surface area contributed by atoms with E-state index in [0.29, 0.717) is 24.5 Å². The predicted octanol–water partition coefficient (Wildman–Crippen LogP) is 2.72. The minimum atomic E-state index is 0.320. The maximum Gasteiger partial charge on any atom is 0.222 e. The molecule has 98 valence electrons. The summed E-state index contributed by atoms with van der Waals surface area (Å²) in [6, 6.07) is 0.426. The zero-order chi connectivity index (χ0) is 12.1. The number of nitrogens with zero attached hydrogens (tertiary/aromatic N) is 1. The molecule has 2 rings (SSSR count). The van der Waals surface area contributed by atoms with E-state index in [2.05, 4.69) is 20.8 Å². The Morgan fingerprint density at radius 2 is 2.18 bits per heavy atom. The first-order valence-corrected chi connectivity index (χ1v) is 7.90. The number of amides is 1. The summed E-state index contributed by atoms with van der Waals surface area (Å²) in [4.78, 5) is 14.2. The van der Waals surface area contributed by atoms with Gasteiger partial charge >= 0.3 is 0 Å². The van der Waals surface area contributed by atoms with Crippen molar-refractivity contribution >= 4 is 21.8 Å². The average Bonchev–Trinajstić information content (AvgIpc) is 2.85. The van der Waals surface area contributed by atoms with Crippen LogP contribution in [0.2, 0.25) is 0 Å². The van der Waals surface area contributed by atoms with E-state index in [9.17, 15) is 4.79 Å². The molecule has 0 aromatic rings. The quantitative estimate of drug-likeness (QED) is 0.747. The molecule has 2 saturated heterocycles. The van der Waals surface area contributed by atoms with Crippen molar-refractivity contribution in [3.05, 3.63) is 0 Å². The summed E-state index contributed by atoms with van der Waals surface area (Å²) in [5, 5.41) is 0.915. The highest BCUT2D eigenvalue weighted by Crippen LogP contribution is 2.22. The van der Waals surface area contributed by atoms with Crippen molar-refractivity contribution in [2.45, 2.75) is 57.1 Å². The smallest absolute Gasteiger partial charge is 0.222 e. The lowest BCUT2D eigenvalue weighted by atomic mass is 10.0. The van der Waals surface area contributed by atoms with Gasteiger partial charge in [0.05, 0.1) is 6.10 Å². The van der Waals surface area contributed by atoms with Gasteiger partial charge in [0.25, 0.3) is 0 Å². The van der Waals surface area contributed by atoms with Crippen molar-refractivity contribution in [2.24, 2.45) is 0 Å². The van der Waals surface area contributed by atoms with Crippen LogP contribution in [0.1, 0.15) is 44.9 Å². The van der Waals surface area contributed by atoms with Gasteiger partial charge in [0, 0.05) is 30.9 Å². The van der Waals surface area contributed by atoms with E-state index in [1.807, 2.05) is 0 Å². The minimum absolute atomic E-state index is 0.320. The molecule has 2 aliphatic rings. The Morgan fingerprint density at radius 3 is 2.88 bits per heavy atom. The van der Waals surface area contributed by atoms with Gasteiger partial charge in [-0.1, -0.05) is 15.9 Å². The summed E-state index contributed by atoms with van der Waals surface area (Å²) < 4.78 is 5.66. The van der Waals surface area contributed by atoms with Crippen LogP contribution in [0, 0.1) is 0 Å². The topological polar surface area (TPSA) is 29.5 Å². The molecule has 4 heteroatoms. The Morgan fingerprint density at radius 1 is 1.29 bits per heavy atom. The number of rotatable bonds is 4. The number of alkyl halides is 1. The Kier molecular flexibility index (Phi) is 5.29. The minimum Gasteiger partial charge on any atom is -0.378 e. The van der Waals surface area contributed by atoms with E-state index >= 15 is 0 Å². The number of hydrogen-bond donors (Lipinski definition) is 0. The number of halogens is 1. The first kappa shape index (κ1) is 13.3. The summed E-state index contributed by atoms with van der Waals surface area (Å²) in [5.41, 5.74) is 0. The second kappa shape index (κ2) is 6.74. The van der Waals surface area contributed by atoms with Gasteiger partial charge in [0.1, 0.15) is 0 Å². The van der Waals surface area contributed by atoms with Crippen LogP contribution in [0.25, 0.3) is 0 Å². The zero-order valence-electron chi connectivity index (χ0n) is 10.4. The molecule has 2 heterocycles. The molecule has 0 spiro atoms. The van der Waals surface area contributed by atoms with Crippen LogP contribution in [0.3, 0.4) is 0 Å². The van der Waals surface area contributed by atoms with E-state index < -0.39 is 0 Å². The fourth-order valence-corrected chi connectivity index (χ4v) is 3.46. The van der Waals surface area contributed by atoms with E-state index in [-0.39, 0.29) is 0 Å². The fraction of sp³-hybridized carbons (Fsp3) is 0.923. The van der Waals surface area contributed by atoms with E-state index in [1.165, 1.54) is 12.8 Å². The van der Waals surface area contributed by atoms with Gasteiger partial charge < -0.3 is 9.64 Å². The van der Waals surface area contributed by atoms with Crippen LogP contribution in [0.5, 0.6) is 0 Å². The monoisotopic (exact) mass is 303 g/mol. The van der Waals surface area contributed by atoms with Crippen LogP contribution < -0.4 is 0 Å². The maximum atomic E-state index is 12.1. The number of likely N-dealkylation sites (tertiary alicyclic amines) is 1. The lowest BCUT2D eigenvalue weighted by molar-refractivity contribution is -0.132. The van der Waals surface area contributed by atoms with E-state index in [1.54, 1.807) is 0 Å². The third kappa shape index (κ3) is 3.68. The largest absolute Gasteiger partial charge is 0.378 e. The van der Waals surface area contributed by atoms with Crippen molar-refractivity contribution < 1.29 is 9.53 Å². The number of carbonyl (C=O) groups excluding carboxylic acids is 1. The molecule has 0 aromatic heterocycles. The van der Waals surface area contributed by atoms with Gasteiger partial charge in [-0.2, -0.15) is 0 Å². The SMILES string of the molecule is O=C(CCC1CCCCO1)N1CCCC1CBr. The molecule has 2 atom stereocenters. The van der Waals surface area contributed by atoms with Crippen molar-refractivity contribution in [3.8, 4) is 0 Å². The van der Waals surface area contributed by atoms with Gasteiger partial charge in [-0.15, -0.1) is 0 Å². The number of carbonyl (C=O) groups is 1. The van der Waals surface area contributed by atoms with E-state index in [0.717, 1.165) is 44.2 Å². The number of ether oxygens (including phenoxy) is 1. The summed E-state index contributed by atoms with van der Waals surface area (Å²) >= 11 is 3.49. The summed E-state index contributed by atoms with van der Waals surface area (Å²) in [5.74, 6) is 0.320. The molecule has 0 aromatic carbocycles. The second-order valence-electron chi connectivity index (χ2n) is 5.06. The number of hydrogen-bond acceptors (Lipinski definition) is 2. The molecule has 0 N–H and O–H groups in total. The summed E-state index contributed by atoms with van der Waals surface area (Å²) in [6.07, 6.45) is 7.78. The van der Waals surface area contributed by atoms with Crippen LogP contribution in [-0.4, -0.2) is 41.4 Å². The lowest BCUT2D eigenvalue weighted by Gasteiger charge is -2.26. The van der Waals surface area contributed by atoms with Crippen molar-refractivity contribution in [1.82, 2.24) is 4.90 Å². The molecule has 17 heavy (non-hydrogen) atoms. The molecule has 2 fully saturated rings. The maximum absolute atomic E-state index is 12.1. The fourth-order valence-electron chi connectivity index (χ4n) is 2.79. The van der Waals surface area contributed by atoms with E-state index in [4.69, 9.17) is 4.74 Å². The molecule has 1 amide bonds. The van der Waals surface area contributed by atoms with Crippen molar-refractivity contribution in [1.29, 1.82) is 0 Å². The van der Waals surface area contributed by atoms with Crippen LogP contribution >= 0.6 is 15.9 Å². The molecule has 0 bridgehead atoms. The normalized spacial score (nSPS) is 29.6. The van der Waals surface area contributed by atoms with Gasteiger partial charge in [-0.25, -0.2) is 0 Å². The molecular weight excluding hydrogens is 282 g/mol. The first-order chi connectivity index (χ1) is 8.31. The molecule has 0 saturated carbocycles. The van der Waals surface area contributed by atoms with Gasteiger partial charge in [0.15, 0.2) is 0 Å². The third-order valence-electron chi connectivity index (χ3n) is 3.83. The van der Waals surface area contributed by atoms with Gasteiger partial charge in [-0.3, -0.25) is 4.79 Å². The molecule has 3 nitrogen and oxygen atoms in total. The average molecular weight is 304 g/mol. The molecule has 0 radical (unpaired) electrons. The molecule has 0 aliphatic carbocycles. The van der Waals surface area contributed by atoms with Gasteiger partial charge in [-0.05, 0) is 38.5 Å². The van der Waals surface area contributed by atoms with Gasteiger partial charge in [0.2, 0.25) is 5.91 Å². The van der Waals surface area contributed by atoms with Crippen LogP contribution in [0.4, 0.5) is 0 Å². The van der Waals surface area contributed by atoms with Crippen molar-refractivity contribution in [3.63, 3.8) is 0 Å². The Hall–Kier alpha value is -0.0900. The zero-order valence-corrected chi connectivity index (χ0v) is 12.0. The lowest BCUT2D eigenvalue weighted by Crippen LogP contribution is -2.37. The third-order valence-corrected chi connectivity index (χ3v) is 4.58. The summed E-state index contributed by atoms with van der Waals surface area (Å²) in [6.45, 7) is 1.83. The Labute approximate surface area is 112 Å². The first-order valence-electron chi connectivity index (χ1n) is 6.78.